The van der Waals surface area contributed by atoms with Crippen LogP contribution in [-0.2, 0) is 4.79 Å². The van der Waals surface area contributed by atoms with Crippen LogP contribution in [0.1, 0.15) is 187 Å². The van der Waals surface area contributed by atoms with Gasteiger partial charge in [-0.25, -0.2) is 4.79 Å². The highest BCUT2D eigenvalue weighted by Crippen LogP contribution is 2.15. The van der Waals surface area contributed by atoms with E-state index < -0.39 is 12.1 Å². The lowest BCUT2D eigenvalue weighted by molar-refractivity contribution is -0.125. The molecule has 0 heterocycles. The first kappa shape index (κ1) is 39.7. The Bertz CT molecular complexity index is 572. The number of primary amides is 1. The molecule has 0 aromatic carbocycles. The zero-order valence-corrected chi connectivity index (χ0v) is 27.7. The molecule has 41 heavy (non-hydrogen) atoms. The molecule has 0 aromatic rings. The maximum Gasteiger partial charge on any atom is 0.315 e. The van der Waals surface area contributed by atoms with Crippen LogP contribution in [0.2, 0.25) is 0 Å². The number of unbranched alkanes of at least 4 members (excludes halogenated alkanes) is 23. The van der Waals surface area contributed by atoms with E-state index in [0.717, 1.165) is 38.5 Å². The first-order valence-corrected chi connectivity index (χ1v) is 18.1. The Morgan fingerprint density at radius 3 is 1.34 bits per heavy atom. The van der Waals surface area contributed by atoms with Crippen molar-refractivity contribution in [3.8, 4) is 0 Å². The molecule has 0 bridgehead atoms. The minimum absolute atomic E-state index is 0.0536. The molecule has 0 unspecified atom stereocenters. The molecular weight excluding hydrogens is 508 g/mol. The van der Waals surface area contributed by atoms with E-state index in [1.165, 1.54) is 128 Å². The van der Waals surface area contributed by atoms with E-state index in [2.05, 4.69) is 19.2 Å². The Hall–Kier alpha value is -1.30. The van der Waals surface area contributed by atoms with Gasteiger partial charge >= 0.3 is 6.03 Å². The molecule has 0 aliphatic carbocycles. The molecule has 3 amide bonds. The van der Waals surface area contributed by atoms with E-state index in [-0.39, 0.29) is 5.91 Å². The molecule has 5 N–H and O–H groups in total. The third-order valence-electron chi connectivity index (χ3n) is 8.48. The summed E-state index contributed by atoms with van der Waals surface area (Å²) in [4.78, 5) is 27.1. The number of hydrogen-bond acceptors (Lipinski definition) is 3. The number of carbonyl (C=O) groups is 2. The maximum absolute atomic E-state index is 13.1. The van der Waals surface area contributed by atoms with Crippen molar-refractivity contribution in [1.82, 2.24) is 10.2 Å². The number of urea groups is 1. The van der Waals surface area contributed by atoms with Gasteiger partial charge in [0, 0.05) is 13.1 Å². The molecular formula is C35H72N4O2. The van der Waals surface area contributed by atoms with Crippen molar-refractivity contribution in [3.05, 3.63) is 0 Å². The highest BCUT2D eigenvalue weighted by atomic mass is 16.2. The number of rotatable bonds is 32. The lowest BCUT2D eigenvalue weighted by Gasteiger charge is -2.29. The third-order valence-corrected chi connectivity index (χ3v) is 8.48. The van der Waals surface area contributed by atoms with Crippen molar-refractivity contribution >= 4 is 11.9 Å². The van der Waals surface area contributed by atoms with E-state index in [0.29, 0.717) is 26.1 Å². The molecule has 1 atom stereocenters. The van der Waals surface area contributed by atoms with Crippen LogP contribution in [0.4, 0.5) is 4.79 Å². The van der Waals surface area contributed by atoms with Crippen LogP contribution in [0.5, 0.6) is 0 Å². The first-order valence-electron chi connectivity index (χ1n) is 18.1. The summed E-state index contributed by atoms with van der Waals surface area (Å²) in [5.74, 6) is -0.0536. The Balaban J connectivity index is 4.17. The first-order chi connectivity index (χ1) is 20.1. The molecule has 0 spiro atoms. The lowest BCUT2D eigenvalue weighted by atomic mass is 10.0. The van der Waals surface area contributed by atoms with Crippen LogP contribution in [0.25, 0.3) is 0 Å². The van der Waals surface area contributed by atoms with Gasteiger partial charge in [0.25, 0.3) is 0 Å². The normalized spacial score (nSPS) is 12.0. The number of nitrogens with one attached hydrogen (secondary N) is 1. The second-order valence-electron chi connectivity index (χ2n) is 12.4. The van der Waals surface area contributed by atoms with Crippen molar-refractivity contribution in [1.29, 1.82) is 0 Å². The Kier molecular flexibility index (Phi) is 30.6. The standard InChI is InChI=1S/C35H72N4O2/c1-3-5-7-9-11-13-15-16-17-18-20-22-24-28-32-39(35(37)41)33(29-25-26-30-36)34(40)38-31-27-23-21-19-14-12-10-8-6-4-2/h33H,3-32,36H2,1-2H3,(H2,37,41)(H,38,40)/t33-/m0/s1. The van der Waals surface area contributed by atoms with Gasteiger partial charge in [0.2, 0.25) is 5.91 Å². The zero-order chi connectivity index (χ0) is 30.2. The third kappa shape index (κ3) is 26.1. The molecule has 0 aliphatic rings. The average Bonchev–Trinajstić information content (AvgIpc) is 2.96. The fraction of sp³-hybridized carbons (Fsp3) is 0.943. The average molecular weight is 581 g/mol. The van der Waals surface area contributed by atoms with Gasteiger partial charge in [0.15, 0.2) is 0 Å². The summed E-state index contributed by atoms with van der Waals surface area (Å²) in [6.07, 6.45) is 33.2. The number of hydrogen-bond donors (Lipinski definition) is 3. The van der Waals surface area contributed by atoms with Crippen LogP contribution in [0.15, 0.2) is 0 Å². The monoisotopic (exact) mass is 581 g/mol. The molecule has 6 heteroatoms. The molecule has 0 fully saturated rings. The molecule has 0 aliphatic heterocycles. The number of carbonyl (C=O) groups excluding carboxylic acids is 2. The lowest BCUT2D eigenvalue weighted by Crippen LogP contribution is -2.52. The second-order valence-corrected chi connectivity index (χ2v) is 12.4. The summed E-state index contributed by atoms with van der Waals surface area (Å²) < 4.78 is 0. The number of nitrogens with two attached hydrogens (primary N) is 2. The predicted molar refractivity (Wildman–Crippen MR) is 178 cm³/mol. The van der Waals surface area contributed by atoms with Gasteiger partial charge < -0.3 is 21.7 Å². The van der Waals surface area contributed by atoms with Crippen LogP contribution in [-0.4, -0.2) is 42.5 Å². The van der Waals surface area contributed by atoms with Crippen molar-refractivity contribution in [2.45, 2.75) is 193 Å². The van der Waals surface area contributed by atoms with Gasteiger partial charge in [-0.05, 0) is 38.6 Å². The summed E-state index contributed by atoms with van der Waals surface area (Å²) >= 11 is 0. The Morgan fingerprint density at radius 2 is 0.951 bits per heavy atom. The van der Waals surface area contributed by atoms with Gasteiger partial charge in [-0.2, -0.15) is 0 Å². The minimum atomic E-state index is -0.482. The fourth-order valence-corrected chi connectivity index (χ4v) is 5.75. The molecule has 0 saturated carbocycles. The van der Waals surface area contributed by atoms with E-state index in [4.69, 9.17) is 11.5 Å². The Labute approximate surface area is 255 Å². The second kappa shape index (κ2) is 31.6. The van der Waals surface area contributed by atoms with Gasteiger partial charge in [-0.3, -0.25) is 4.79 Å². The van der Waals surface area contributed by atoms with E-state index >= 15 is 0 Å². The van der Waals surface area contributed by atoms with Gasteiger partial charge in [-0.1, -0.05) is 155 Å². The van der Waals surface area contributed by atoms with E-state index in [9.17, 15) is 9.59 Å². The van der Waals surface area contributed by atoms with Crippen molar-refractivity contribution in [2.75, 3.05) is 19.6 Å². The number of amides is 3. The predicted octanol–water partition coefficient (Wildman–Crippen LogP) is 9.38. The van der Waals surface area contributed by atoms with Crippen molar-refractivity contribution in [2.24, 2.45) is 11.5 Å². The van der Waals surface area contributed by atoms with Gasteiger partial charge in [-0.15, -0.1) is 0 Å². The molecule has 0 saturated heterocycles. The SMILES string of the molecule is CCCCCCCCCCCCCCCCN(C(N)=O)[C@@H](CCCCN)C(=O)NCCCCCCCCCCCC. The van der Waals surface area contributed by atoms with Gasteiger partial charge in [0.1, 0.15) is 6.04 Å². The molecule has 0 radical (unpaired) electrons. The molecule has 6 nitrogen and oxygen atoms in total. The number of nitrogens with zero attached hydrogens (tertiary/aromatic N) is 1. The van der Waals surface area contributed by atoms with Crippen LogP contribution < -0.4 is 16.8 Å². The summed E-state index contributed by atoms with van der Waals surface area (Å²) in [7, 11) is 0. The smallest absolute Gasteiger partial charge is 0.315 e. The van der Waals surface area contributed by atoms with Crippen LogP contribution in [0.3, 0.4) is 0 Å². The summed E-state index contributed by atoms with van der Waals surface area (Å²) in [6.45, 7) is 6.37. The fourth-order valence-electron chi connectivity index (χ4n) is 5.75. The molecule has 0 rings (SSSR count). The van der Waals surface area contributed by atoms with Crippen molar-refractivity contribution < 1.29 is 9.59 Å². The molecule has 244 valence electrons. The zero-order valence-electron chi connectivity index (χ0n) is 27.7. The van der Waals surface area contributed by atoms with Crippen LogP contribution in [0, 0.1) is 0 Å². The highest BCUT2D eigenvalue weighted by Gasteiger charge is 2.27. The summed E-state index contributed by atoms with van der Waals surface area (Å²) in [5.41, 5.74) is 11.5. The highest BCUT2D eigenvalue weighted by molar-refractivity contribution is 5.86. The maximum atomic E-state index is 13.1. The summed E-state index contributed by atoms with van der Waals surface area (Å²) in [6, 6.07) is -0.962. The molecule has 0 aromatic heterocycles. The largest absolute Gasteiger partial charge is 0.354 e. The Morgan fingerprint density at radius 1 is 0.561 bits per heavy atom. The summed E-state index contributed by atoms with van der Waals surface area (Å²) in [5, 5.41) is 3.10. The van der Waals surface area contributed by atoms with E-state index in [1.807, 2.05) is 0 Å². The quantitative estimate of drug-likeness (QED) is 0.0691. The van der Waals surface area contributed by atoms with E-state index in [1.54, 1.807) is 4.90 Å². The van der Waals surface area contributed by atoms with Crippen molar-refractivity contribution in [3.63, 3.8) is 0 Å². The van der Waals surface area contributed by atoms with Crippen LogP contribution >= 0.6 is 0 Å². The van der Waals surface area contributed by atoms with Gasteiger partial charge in [0.05, 0.1) is 0 Å². The topological polar surface area (TPSA) is 101 Å². The minimum Gasteiger partial charge on any atom is -0.354 e.